The second kappa shape index (κ2) is 7.31. The van der Waals surface area contributed by atoms with Crippen molar-refractivity contribution in [2.45, 2.75) is 19.9 Å². The highest BCUT2D eigenvalue weighted by molar-refractivity contribution is 5.89. The first-order valence-corrected chi connectivity index (χ1v) is 6.92. The van der Waals surface area contributed by atoms with Crippen molar-refractivity contribution < 1.29 is 14.3 Å². The van der Waals surface area contributed by atoms with Crippen molar-refractivity contribution in [1.82, 2.24) is 9.47 Å². The molecule has 0 atom stereocenters. The fraction of sp³-hybridized carbons (Fsp3) is 0.643. The Morgan fingerprint density at radius 2 is 2.16 bits per heavy atom. The number of carbonyl (C=O) groups is 1. The van der Waals surface area contributed by atoms with Gasteiger partial charge in [0.2, 0.25) is 0 Å². The van der Waals surface area contributed by atoms with Crippen LogP contribution in [0.15, 0.2) is 18.5 Å². The van der Waals surface area contributed by atoms with Crippen molar-refractivity contribution in [3.05, 3.63) is 24.0 Å². The lowest BCUT2D eigenvalue weighted by atomic mass is 10.3. The smallest absolute Gasteiger partial charge is 0.339 e. The van der Waals surface area contributed by atoms with Gasteiger partial charge in [-0.05, 0) is 19.4 Å². The third-order valence-corrected chi connectivity index (χ3v) is 3.26. The van der Waals surface area contributed by atoms with E-state index in [4.69, 9.17) is 9.47 Å². The van der Waals surface area contributed by atoms with Crippen LogP contribution in [0.4, 0.5) is 0 Å². The van der Waals surface area contributed by atoms with Gasteiger partial charge in [-0.25, -0.2) is 4.79 Å². The third kappa shape index (κ3) is 4.36. The lowest BCUT2D eigenvalue weighted by Crippen LogP contribution is -2.37. The molecule has 1 fully saturated rings. The Hall–Kier alpha value is -1.33. The summed E-state index contributed by atoms with van der Waals surface area (Å²) in [6, 6.07) is 1.81. The molecule has 0 bridgehead atoms. The standard InChI is InChI=1S/C14H22N2O3/c1-2-19-14(17)13-4-7-16(12-13)6-3-5-15-8-10-18-11-9-15/h4,7,12H,2-3,5-6,8-11H2,1H3. The maximum Gasteiger partial charge on any atom is 0.339 e. The molecule has 0 saturated carbocycles. The molecule has 2 heterocycles. The average molecular weight is 266 g/mol. The third-order valence-electron chi connectivity index (χ3n) is 3.26. The van der Waals surface area contributed by atoms with E-state index < -0.39 is 0 Å². The summed E-state index contributed by atoms with van der Waals surface area (Å²) in [7, 11) is 0. The maximum absolute atomic E-state index is 11.5. The zero-order chi connectivity index (χ0) is 13.5. The summed E-state index contributed by atoms with van der Waals surface area (Å²) in [5.74, 6) is -0.241. The van der Waals surface area contributed by atoms with Gasteiger partial charge in [-0.1, -0.05) is 0 Å². The van der Waals surface area contributed by atoms with Gasteiger partial charge < -0.3 is 14.0 Å². The number of esters is 1. The van der Waals surface area contributed by atoms with Crippen LogP contribution in [0, 0.1) is 0 Å². The monoisotopic (exact) mass is 266 g/mol. The number of hydrogen-bond acceptors (Lipinski definition) is 4. The molecule has 0 N–H and O–H groups in total. The van der Waals surface area contributed by atoms with E-state index >= 15 is 0 Å². The van der Waals surface area contributed by atoms with Crippen LogP contribution in [-0.2, 0) is 16.0 Å². The van der Waals surface area contributed by atoms with E-state index in [-0.39, 0.29) is 5.97 Å². The van der Waals surface area contributed by atoms with E-state index in [1.54, 1.807) is 0 Å². The predicted octanol–water partition coefficient (Wildman–Crippen LogP) is 1.39. The molecule has 1 aliphatic rings. The van der Waals surface area contributed by atoms with Crippen molar-refractivity contribution in [3.8, 4) is 0 Å². The molecule has 0 amide bonds. The van der Waals surface area contributed by atoms with E-state index in [2.05, 4.69) is 4.90 Å². The Morgan fingerprint density at radius 3 is 2.89 bits per heavy atom. The highest BCUT2D eigenvalue weighted by Gasteiger charge is 2.10. The zero-order valence-electron chi connectivity index (χ0n) is 11.5. The van der Waals surface area contributed by atoms with Crippen molar-refractivity contribution in [1.29, 1.82) is 0 Å². The normalized spacial score (nSPS) is 16.5. The largest absolute Gasteiger partial charge is 0.462 e. The summed E-state index contributed by atoms with van der Waals surface area (Å²) in [6.45, 7) is 7.98. The molecule has 1 aromatic rings. The highest BCUT2D eigenvalue weighted by atomic mass is 16.5. The van der Waals surface area contributed by atoms with Crippen molar-refractivity contribution >= 4 is 5.97 Å². The number of hydrogen-bond donors (Lipinski definition) is 0. The first kappa shape index (κ1) is 14.1. The molecule has 5 nitrogen and oxygen atoms in total. The topological polar surface area (TPSA) is 43.7 Å². The molecule has 0 aliphatic carbocycles. The van der Waals surface area contributed by atoms with Crippen LogP contribution in [-0.4, -0.2) is 54.9 Å². The van der Waals surface area contributed by atoms with Gasteiger partial charge in [0.1, 0.15) is 0 Å². The second-order valence-corrected chi connectivity index (χ2v) is 4.67. The Bertz CT molecular complexity index is 397. The average Bonchev–Trinajstić information content (AvgIpc) is 2.89. The van der Waals surface area contributed by atoms with Gasteiger partial charge in [-0.2, -0.15) is 0 Å². The molecular weight excluding hydrogens is 244 g/mol. The van der Waals surface area contributed by atoms with Gasteiger partial charge in [-0.15, -0.1) is 0 Å². The number of ether oxygens (including phenoxy) is 2. The summed E-state index contributed by atoms with van der Waals surface area (Å²) in [4.78, 5) is 13.9. The lowest BCUT2D eigenvalue weighted by Gasteiger charge is -2.26. The molecule has 1 aromatic heterocycles. The summed E-state index contributed by atoms with van der Waals surface area (Å²) >= 11 is 0. The fourth-order valence-electron chi connectivity index (χ4n) is 2.22. The minimum atomic E-state index is -0.241. The second-order valence-electron chi connectivity index (χ2n) is 4.67. The van der Waals surface area contributed by atoms with Crippen LogP contribution >= 0.6 is 0 Å². The SMILES string of the molecule is CCOC(=O)c1ccn(CCCN2CCOCC2)c1. The van der Waals surface area contributed by atoms with E-state index in [0.717, 1.165) is 45.8 Å². The molecule has 0 spiro atoms. The lowest BCUT2D eigenvalue weighted by molar-refractivity contribution is 0.0369. The maximum atomic E-state index is 11.5. The number of nitrogens with zero attached hydrogens (tertiary/aromatic N) is 2. The van der Waals surface area contributed by atoms with E-state index in [1.165, 1.54) is 0 Å². The van der Waals surface area contributed by atoms with Crippen LogP contribution in [0.25, 0.3) is 0 Å². The van der Waals surface area contributed by atoms with Gasteiger partial charge in [-0.3, -0.25) is 4.90 Å². The number of aryl methyl sites for hydroxylation is 1. The molecule has 1 aliphatic heterocycles. The first-order valence-electron chi connectivity index (χ1n) is 6.92. The molecular formula is C14H22N2O3. The molecule has 106 valence electrons. The Morgan fingerprint density at radius 1 is 1.37 bits per heavy atom. The molecule has 0 aromatic carbocycles. The van der Waals surface area contributed by atoms with Gasteiger partial charge in [0.05, 0.1) is 25.4 Å². The molecule has 19 heavy (non-hydrogen) atoms. The number of aromatic nitrogens is 1. The zero-order valence-corrected chi connectivity index (χ0v) is 11.5. The van der Waals surface area contributed by atoms with Gasteiger partial charge >= 0.3 is 5.97 Å². The van der Waals surface area contributed by atoms with Gasteiger partial charge in [0.15, 0.2) is 0 Å². The number of morpholine rings is 1. The van der Waals surface area contributed by atoms with Gasteiger partial charge in [0.25, 0.3) is 0 Å². The van der Waals surface area contributed by atoms with E-state index in [1.807, 2.05) is 30.0 Å². The minimum Gasteiger partial charge on any atom is -0.462 e. The number of rotatable bonds is 6. The van der Waals surface area contributed by atoms with Crippen LogP contribution < -0.4 is 0 Å². The summed E-state index contributed by atoms with van der Waals surface area (Å²) in [5.41, 5.74) is 0.633. The Balaban J connectivity index is 1.72. The molecule has 5 heteroatoms. The molecule has 2 rings (SSSR count). The van der Waals surface area contributed by atoms with E-state index in [0.29, 0.717) is 12.2 Å². The molecule has 0 unspecified atom stereocenters. The number of carbonyl (C=O) groups excluding carboxylic acids is 1. The predicted molar refractivity (Wildman–Crippen MR) is 72.3 cm³/mol. The van der Waals surface area contributed by atoms with E-state index in [9.17, 15) is 4.79 Å². The molecule has 0 radical (unpaired) electrons. The fourth-order valence-corrected chi connectivity index (χ4v) is 2.22. The molecule has 1 saturated heterocycles. The van der Waals surface area contributed by atoms with Crippen molar-refractivity contribution in [3.63, 3.8) is 0 Å². The van der Waals surface area contributed by atoms with Crippen LogP contribution in [0.1, 0.15) is 23.7 Å². The highest BCUT2D eigenvalue weighted by Crippen LogP contribution is 2.05. The van der Waals surface area contributed by atoms with Crippen molar-refractivity contribution in [2.75, 3.05) is 39.5 Å². The van der Waals surface area contributed by atoms with Crippen LogP contribution in [0.5, 0.6) is 0 Å². The minimum absolute atomic E-state index is 0.241. The summed E-state index contributed by atoms with van der Waals surface area (Å²) in [5, 5.41) is 0. The first-order chi connectivity index (χ1) is 9.29. The quantitative estimate of drug-likeness (QED) is 0.730. The van der Waals surface area contributed by atoms with Crippen molar-refractivity contribution in [2.24, 2.45) is 0 Å². The Kier molecular flexibility index (Phi) is 5.42. The summed E-state index contributed by atoms with van der Waals surface area (Å²) in [6.07, 6.45) is 4.87. The summed E-state index contributed by atoms with van der Waals surface area (Å²) < 4.78 is 12.3. The van der Waals surface area contributed by atoms with Crippen LogP contribution in [0.3, 0.4) is 0 Å². The van der Waals surface area contributed by atoms with Crippen LogP contribution in [0.2, 0.25) is 0 Å². The van der Waals surface area contributed by atoms with Gasteiger partial charge in [0, 0.05) is 38.6 Å². The Labute approximate surface area is 114 Å².